The van der Waals surface area contributed by atoms with E-state index in [1.807, 2.05) is 36.1 Å². The normalized spacial score (nSPS) is 17.9. The standard InChI is InChI=1S/C15H21BrN2O2/c1-3-17-8-10-18(11-9-17)15(19)12(2)20-14-6-4-13(16)5-7-14/h4-7,12H,3,8-11H2,1-2H3. The summed E-state index contributed by atoms with van der Waals surface area (Å²) in [5.41, 5.74) is 0. The molecule has 1 aromatic carbocycles. The predicted octanol–water partition coefficient (Wildman–Crippen LogP) is 2.38. The minimum absolute atomic E-state index is 0.0728. The van der Waals surface area contributed by atoms with Crippen molar-refractivity contribution in [3.05, 3.63) is 28.7 Å². The molecule has 110 valence electrons. The molecular formula is C15H21BrN2O2. The number of carbonyl (C=O) groups excluding carboxylic acids is 1. The summed E-state index contributed by atoms with van der Waals surface area (Å²) in [6, 6.07) is 7.55. The van der Waals surface area contributed by atoms with Crippen molar-refractivity contribution in [2.75, 3.05) is 32.7 Å². The topological polar surface area (TPSA) is 32.8 Å². The van der Waals surface area contributed by atoms with E-state index in [1.54, 1.807) is 0 Å². The van der Waals surface area contributed by atoms with Crippen molar-refractivity contribution in [2.45, 2.75) is 20.0 Å². The van der Waals surface area contributed by atoms with E-state index >= 15 is 0 Å². The Kier molecular flexibility index (Phi) is 5.43. The molecule has 1 unspecified atom stereocenters. The fourth-order valence-electron chi connectivity index (χ4n) is 2.31. The lowest BCUT2D eigenvalue weighted by atomic mass is 10.2. The van der Waals surface area contributed by atoms with Crippen LogP contribution in [0.15, 0.2) is 28.7 Å². The number of hydrogen-bond donors (Lipinski definition) is 0. The molecule has 20 heavy (non-hydrogen) atoms. The van der Waals surface area contributed by atoms with E-state index in [4.69, 9.17) is 4.74 Å². The molecule has 1 saturated heterocycles. The molecule has 0 spiro atoms. The van der Waals surface area contributed by atoms with Gasteiger partial charge in [0.2, 0.25) is 0 Å². The molecule has 1 atom stereocenters. The molecule has 0 bridgehead atoms. The van der Waals surface area contributed by atoms with Crippen LogP contribution in [0.2, 0.25) is 0 Å². The quantitative estimate of drug-likeness (QED) is 0.843. The van der Waals surface area contributed by atoms with Crippen molar-refractivity contribution in [1.29, 1.82) is 0 Å². The zero-order valence-electron chi connectivity index (χ0n) is 12.0. The lowest BCUT2D eigenvalue weighted by molar-refractivity contribution is -0.139. The van der Waals surface area contributed by atoms with E-state index in [0.717, 1.165) is 42.9 Å². The summed E-state index contributed by atoms with van der Waals surface area (Å²) in [4.78, 5) is 16.6. The van der Waals surface area contributed by atoms with Crippen LogP contribution in [-0.2, 0) is 4.79 Å². The SMILES string of the molecule is CCN1CCN(C(=O)C(C)Oc2ccc(Br)cc2)CC1. The minimum atomic E-state index is -0.440. The van der Waals surface area contributed by atoms with Crippen molar-refractivity contribution in [3.8, 4) is 5.75 Å². The second-order valence-electron chi connectivity index (χ2n) is 4.97. The molecule has 1 aromatic rings. The Morgan fingerprint density at radius 2 is 1.85 bits per heavy atom. The van der Waals surface area contributed by atoms with Crippen LogP contribution in [0.1, 0.15) is 13.8 Å². The van der Waals surface area contributed by atoms with Gasteiger partial charge in [-0.2, -0.15) is 0 Å². The van der Waals surface area contributed by atoms with Crippen LogP contribution in [0.5, 0.6) is 5.75 Å². The summed E-state index contributed by atoms with van der Waals surface area (Å²) in [5, 5.41) is 0. The Hall–Kier alpha value is -1.07. The maximum atomic E-state index is 12.3. The smallest absolute Gasteiger partial charge is 0.263 e. The molecular weight excluding hydrogens is 320 g/mol. The molecule has 0 radical (unpaired) electrons. The second kappa shape index (κ2) is 7.09. The van der Waals surface area contributed by atoms with Gasteiger partial charge in [-0.1, -0.05) is 22.9 Å². The zero-order chi connectivity index (χ0) is 14.5. The monoisotopic (exact) mass is 340 g/mol. The lowest BCUT2D eigenvalue weighted by Crippen LogP contribution is -2.51. The maximum absolute atomic E-state index is 12.3. The molecule has 0 aliphatic carbocycles. The van der Waals surface area contributed by atoms with Crippen LogP contribution in [0.4, 0.5) is 0 Å². The van der Waals surface area contributed by atoms with E-state index in [-0.39, 0.29) is 5.91 Å². The summed E-state index contributed by atoms with van der Waals surface area (Å²) < 4.78 is 6.71. The fourth-order valence-corrected chi connectivity index (χ4v) is 2.57. The van der Waals surface area contributed by atoms with Crippen molar-refractivity contribution >= 4 is 21.8 Å². The number of likely N-dealkylation sites (N-methyl/N-ethyl adjacent to an activating group) is 1. The lowest BCUT2D eigenvalue weighted by Gasteiger charge is -2.35. The number of benzene rings is 1. The number of piperazine rings is 1. The first kappa shape index (κ1) is 15.3. The fraction of sp³-hybridized carbons (Fsp3) is 0.533. The summed E-state index contributed by atoms with van der Waals surface area (Å²) in [6.07, 6.45) is -0.440. The molecule has 1 aliphatic rings. The van der Waals surface area contributed by atoms with Gasteiger partial charge in [0, 0.05) is 30.7 Å². The number of hydrogen-bond acceptors (Lipinski definition) is 3. The molecule has 4 nitrogen and oxygen atoms in total. The summed E-state index contributed by atoms with van der Waals surface area (Å²) >= 11 is 3.38. The third kappa shape index (κ3) is 3.96. The maximum Gasteiger partial charge on any atom is 0.263 e. The Balaban J connectivity index is 1.87. The largest absolute Gasteiger partial charge is 0.481 e. The van der Waals surface area contributed by atoms with Gasteiger partial charge in [0.05, 0.1) is 0 Å². The average molecular weight is 341 g/mol. The van der Waals surface area contributed by atoms with Crippen LogP contribution in [0.25, 0.3) is 0 Å². The van der Waals surface area contributed by atoms with E-state index in [9.17, 15) is 4.79 Å². The predicted molar refractivity (Wildman–Crippen MR) is 82.9 cm³/mol. The molecule has 1 amide bonds. The molecule has 2 rings (SSSR count). The first-order valence-corrected chi connectivity index (χ1v) is 7.83. The van der Waals surface area contributed by atoms with Gasteiger partial charge in [-0.25, -0.2) is 0 Å². The molecule has 1 aliphatic heterocycles. The number of halogens is 1. The number of carbonyl (C=O) groups is 1. The summed E-state index contributed by atoms with van der Waals surface area (Å²) in [5.74, 6) is 0.796. The highest BCUT2D eigenvalue weighted by molar-refractivity contribution is 9.10. The van der Waals surface area contributed by atoms with Crippen LogP contribution < -0.4 is 4.74 Å². The third-order valence-corrected chi connectivity index (χ3v) is 4.13. The number of rotatable bonds is 4. The Morgan fingerprint density at radius 1 is 1.25 bits per heavy atom. The van der Waals surface area contributed by atoms with Gasteiger partial charge in [0.15, 0.2) is 6.10 Å². The van der Waals surface area contributed by atoms with Crippen LogP contribution >= 0.6 is 15.9 Å². The van der Waals surface area contributed by atoms with E-state index in [0.29, 0.717) is 0 Å². The van der Waals surface area contributed by atoms with Crippen molar-refractivity contribution < 1.29 is 9.53 Å². The first-order valence-electron chi connectivity index (χ1n) is 7.03. The first-order chi connectivity index (χ1) is 9.60. The molecule has 0 N–H and O–H groups in total. The van der Waals surface area contributed by atoms with E-state index in [1.165, 1.54) is 0 Å². The van der Waals surface area contributed by atoms with Gasteiger partial charge in [0.1, 0.15) is 5.75 Å². The zero-order valence-corrected chi connectivity index (χ0v) is 13.6. The highest BCUT2D eigenvalue weighted by Gasteiger charge is 2.25. The second-order valence-corrected chi connectivity index (χ2v) is 5.89. The van der Waals surface area contributed by atoms with Crippen LogP contribution in [0, 0.1) is 0 Å². The third-order valence-electron chi connectivity index (χ3n) is 3.61. The molecule has 0 aromatic heterocycles. The van der Waals surface area contributed by atoms with Gasteiger partial charge < -0.3 is 14.5 Å². The molecule has 1 fully saturated rings. The summed E-state index contributed by atoms with van der Waals surface area (Å²) in [6.45, 7) is 8.50. The van der Waals surface area contributed by atoms with Gasteiger partial charge in [-0.15, -0.1) is 0 Å². The highest BCUT2D eigenvalue weighted by atomic mass is 79.9. The van der Waals surface area contributed by atoms with Gasteiger partial charge in [0.25, 0.3) is 5.91 Å². The van der Waals surface area contributed by atoms with Crippen LogP contribution in [0.3, 0.4) is 0 Å². The minimum Gasteiger partial charge on any atom is -0.481 e. The van der Waals surface area contributed by atoms with Crippen molar-refractivity contribution in [3.63, 3.8) is 0 Å². The molecule has 0 saturated carbocycles. The Morgan fingerprint density at radius 3 is 2.40 bits per heavy atom. The van der Waals surface area contributed by atoms with Crippen LogP contribution in [-0.4, -0.2) is 54.5 Å². The summed E-state index contributed by atoms with van der Waals surface area (Å²) in [7, 11) is 0. The van der Waals surface area contributed by atoms with Gasteiger partial charge in [-0.05, 0) is 37.7 Å². The number of ether oxygens (including phenoxy) is 1. The highest BCUT2D eigenvalue weighted by Crippen LogP contribution is 2.18. The molecule has 5 heteroatoms. The van der Waals surface area contributed by atoms with Crippen molar-refractivity contribution in [1.82, 2.24) is 9.80 Å². The van der Waals surface area contributed by atoms with Gasteiger partial charge in [-0.3, -0.25) is 4.79 Å². The van der Waals surface area contributed by atoms with E-state index < -0.39 is 6.10 Å². The molecule has 1 heterocycles. The Bertz CT molecular complexity index is 442. The number of nitrogens with zero attached hydrogens (tertiary/aromatic N) is 2. The number of amides is 1. The van der Waals surface area contributed by atoms with Crippen molar-refractivity contribution in [2.24, 2.45) is 0 Å². The average Bonchev–Trinajstić information content (AvgIpc) is 2.49. The van der Waals surface area contributed by atoms with E-state index in [2.05, 4.69) is 27.8 Å². The van der Waals surface area contributed by atoms with Gasteiger partial charge >= 0.3 is 0 Å². The Labute approximate surface area is 128 Å².